The van der Waals surface area contributed by atoms with Crippen LogP contribution in [0.3, 0.4) is 0 Å². The maximum Gasteiger partial charge on any atom is 0.257 e. The van der Waals surface area contributed by atoms with Crippen LogP contribution in [0.1, 0.15) is 41.0 Å². The minimum absolute atomic E-state index is 0.0333. The third-order valence-corrected chi connectivity index (χ3v) is 5.28. The fourth-order valence-corrected chi connectivity index (χ4v) is 4.13. The molecule has 1 saturated heterocycles. The Morgan fingerprint density at radius 1 is 1.04 bits per heavy atom. The second-order valence-electron chi connectivity index (χ2n) is 7.80. The fraction of sp³-hybridized carbons (Fsp3) is 0.318. The average molecular weight is 376 g/mol. The predicted molar refractivity (Wildman–Crippen MR) is 109 cm³/mol. The number of H-pyrrole nitrogens is 1. The van der Waals surface area contributed by atoms with Gasteiger partial charge in [-0.3, -0.25) is 14.7 Å². The number of hydrogen-bond acceptors (Lipinski definition) is 3. The predicted octanol–water partition coefficient (Wildman–Crippen LogP) is 3.93. The molecule has 2 aromatic carbocycles. The molecule has 2 atom stereocenters. The molecule has 0 spiro atoms. The van der Waals surface area contributed by atoms with Crippen molar-refractivity contribution in [3.63, 3.8) is 0 Å². The Bertz CT molecular complexity index is 1020. The Hall–Kier alpha value is -3.15. The molecule has 2 unspecified atom stereocenters. The van der Waals surface area contributed by atoms with E-state index in [1.54, 1.807) is 24.4 Å². The molecule has 1 fully saturated rings. The lowest BCUT2D eigenvalue weighted by atomic mass is 9.91. The van der Waals surface area contributed by atoms with E-state index in [0.29, 0.717) is 34.2 Å². The van der Waals surface area contributed by atoms with Crippen molar-refractivity contribution in [1.29, 1.82) is 0 Å². The van der Waals surface area contributed by atoms with Gasteiger partial charge >= 0.3 is 0 Å². The van der Waals surface area contributed by atoms with Crippen molar-refractivity contribution in [3.05, 3.63) is 59.8 Å². The van der Waals surface area contributed by atoms with Gasteiger partial charge in [-0.2, -0.15) is 5.10 Å². The van der Waals surface area contributed by atoms with Crippen LogP contribution < -0.4 is 5.32 Å². The number of benzene rings is 2. The number of carbonyl (C=O) groups excluding carboxylic acids is 2. The van der Waals surface area contributed by atoms with Crippen LogP contribution in [-0.4, -0.2) is 40.0 Å². The van der Waals surface area contributed by atoms with Gasteiger partial charge in [0.25, 0.3) is 11.8 Å². The van der Waals surface area contributed by atoms with Gasteiger partial charge in [-0.1, -0.05) is 38.1 Å². The van der Waals surface area contributed by atoms with Crippen LogP contribution in [0.2, 0.25) is 0 Å². The maximum atomic E-state index is 13.2. The number of nitrogens with one attached hydrogen (secondary N) is 2. The quantitative estimate of drug-likeness (QED) is 0.727. The lowest BCUT2D eigenvalue weighted by molar-refractivity contribution is 0.0624. The summed E-state index contributed by atoms with van der Waals surface area (Å²) in [6.07, 6.45) is 2.82. The molecular formula is C22H24N4O2. The summed E-state index contributed by atoms with van der Waals surface area (Å²) in [4.78, 5) is 28.0. The number of anilines is 1. The smallest absolute Gasteiger partial charge is 0.257 e. The summed E-state index contributed by atoms with van der Waals surface area (Å²) >= 11 is 0. The van der Waals surface area contributed by atoms with Crippen LogP contribution in [0.5, 0.6) is 0 Å². The first-order valence-corrected chi connectivity index (χ1v) is 9.64. The lowest BCUT2D eigenvalue weighted by Crippen LogP contribution is -2.42. The molecule has 6 nitrogen and oxygen atoms in total. The van der Waals surface area contributed by atoms with Crippen molar-refractivity contribution in [1.82, 2.24) is 15.1 Å². The molecule has 28 heavy (non-hydrogen) atoms. The summed E-state index contributed by atoms with van der Waals surface area (Å²) in [7, 11) is 0. The van der Waals surface area contributed by atoms with Crippen LogP contribution in [0.25, 0.3) is 10.9 Å². The summed E-state index contributed by atoms with van der Waals surface area (Å²) < 4.78 is 0. The van der Waals surface area contributed by atoms with Crippen molar-refractivity contribution in [2.75, 3.05) is 18.4 Å². The van der Waals surface area contributed by atoms with Crippen molar-refractivity contribution in [3.8, 4) is 0 Å². The number of fused-ring (bicyclic) bond motifs is 1. The second kappa shape index (κ2) is 7.46. The molecular weight excluding hydrogens is 352 g/mol. The van der Waals surface area contributed by atoms with Crippen molar-refractivity contribution in [2.45, 2.75) is 20.3 Å². The van der Waals surface area contributed by atoms with Crippen molar-refractivity contribution in [2.24, 2.45) is 11.8 Å². The van der Waals surface area contributed by atoms with E-state index in [4.69, 9.17) is 0 Å². The molecule has 2 heterocycles. The first-order valence-electron chi connectivity index (χ1n) is 9.64. The number of aromatic amines is 1. The van der Waals surface area contributed by atoms with Crippen LogP contribution >= 0.6 is 0 Å². The van der Waals surface area contributed by atoms with Gasteiger partial charge in [0.1, 0.15) is 0 Å². The molecule has 1 aromatic heterocycles. The van der Waals surface area contributed by atoms with Crippen LogP contribution in [-0.2, 0) is 0 Å². The highest BCUT2D eigenvalue weighted by atomic mass is 16.2. The molecule has 2 N–H and O–H groups in total. The third-order valence-electron chi connectivity index (χ3n) is 5.28. The molecule has 0 radical (unpaired) electrons. The van der Waals surface area contributed by atoms with E-state index in [9.17, 15) is 9.59 Å². The average Bonchev–Trinajstić information content (AvgIpc) is 3.16. The van der Waals surface area contributed by atoms with Crippen LogP contribution in [0.4, 0.5) is 5.69 Å². The number of hydrogen-bond donors (Lipinski definition) is 2. The van der Waals surface area contributed by atoms with E-state index in [1.807, 2.05) is 29.2 Å². The third kappa shape index (κ3) is 3.50. The highest BCUT2D eigenvalue weighted by molar-refractivity contribution is 6.14. The normalized spacial score (nSPS) is 19.6. The van der Waals surface area contributed by atoms with Gasteiger partial charge in [0, 0.05) is 18.5 Å². The number of rotatable bonds is 3. The van der Waals surface area contributed by atoms with E-state index < -0.39 is 0 Å². The van der Waals surface area contributed by atoms with Gasteiger partial charge < -0.3 is 10.2 Å². The number of carbonyl (C=O) groups is 2. The van der Waals surface area contributed by atoms with Crippen molar-refractivity contribution >= 4 is 28.4 Å². The number of para-hydroxylation sites is 2. The van der Waals surface area contributed by atoms with Gasteiger partial charge in [-0.25, -0.2) is 0 Å². The lowest BCUT2D eigenvalue weighted by Gasteiger charge is -2.35. The molecule has 3 aromatic rings. The van der Waals surface area contributed by atoms with E-state index in [-0.39, 0.29) is 11.8 Å². The minimum Gasteiger partial charge on any atom is -0.338 e. The number of aromatic nitrogens is 2. The number of likely N-dealkylation sites (tertiary alicyclic amines) is 1. The molecule has 2 amide bonds. The molecule has 0 saturated carbocycles. The SMILES string of the molecule is CC1CC(C)CN(C(=O)c2ccccc2NC(=O)c2cccc3cn[nH]c23)C1. The number of piperidine rings is 1. The number of nitrogens with zero attached hydrogens (tertiary/aromatic N) is 2. The summed E-state index contributed by atoms with van der Waals surface area (Å²) in [6, 6.07) is 12.7. The Kier molecular flexibility index (Phi) is 4.86. The first kappa shape index (κ1) is 18.2. The molecule has 144 valence electrons. The summed E-state index contributed by atoms with van der Waals surface area (Å²) in [5.41, 5.74) is 2.23. The minimum atomic E-state index is -0.268. The fourth-order valence-electron chi connectivity index (χ4n) is 4.13. The zero-order valence-corrected chi connectivity index (χ0v) is 16.1. The zero-order chi connectivity index (χ0) is 19.7. The molecule has 4 rings (SSSR count). The van der Waals surface area contributed by atoms with Gasteiger partial charge in [0.05, 0.1) is 28.5 Å². The van der Waals surface area contributed by atoms with Crippen LogP contribution in [0, 0.1) is 11.8 Å². The van der Waals surface area contributed by atoms with Gasteiger partial charge in [0.15, 0.2) is 0 Å². The molecule has 1 aliphatic heterocycles. The topological polar surface area (TPSA) is 78.1 Å². The highest BCUT2D eigenvalue weighted by Gasteiger charge is 2.27. The standard InChI is InChI=1S/C22H24N4O2/c1-14-10-15(2)13-26(12-14)22(28)17-7-3-4-9-19(17)24-21(27)18-8-5-6-16-11-23-25-20(16)18/h3-9,11,14-15H,10,12-13H2,1-2H3,(H,23,25)(H,24,27). The number of amides is 2. The van der Waals surface area contributed by atoms with E-state index in [2.05, 4.69) is 29.4 Å². The van der Waals surface area contributed by atoms with Crippen LogP contribution in [0.15, 0.2) is 48.7 Å². The first-order chi connectivity index (χ1) is 13.5. The van der Waals surface area contributed by atoms with E-state index >= 15 is 0 Å². The largest absolute Gasteiger partial charge is 0.338 e. The maximum absolute atomic E-state index is 13.2. The van der Waals surface area contributed by atoms with Gasteiger partial charge in [-0.15, -0.1) is 0 Å². The Balaban J connectivity index is 1.60. The second-order valence-corrected chi connectivity index (χ2v) is 7.80. The monoisotopic (exact) mass is 376 g/mol. The zero-order valence-electron chi connectivity index (χ0n) is 16.1. The van der Waals surface area contributed by atoms with Gasteiger partial charge in [-0.05, 0) is 36.5 Å². The Morgan fingerprint density at radius 2 is 1.75 bits per heavy atom. The molecule has 0 bridgehead atoms. The molecule has 1 aliphatic rings. The Labute approximate surface area is 163 Å². The van der Waals surface area contributed by atoms with Crippen molar-refractivity contribution < 1.29 is 9.59 Å². The summed E-state index contributed by atoms with van der Waals surface area (Å²) in [6.45, 7) is 5.85. The summed E-state index contributed by atoms with van der Waals surface area (Å²) in [5, 5.41) is 10.7. The Morgan fingerprint density at radius 3 is 2.54 bits per heavy atom. The van der Waals surface area contributed by atoms with E-state index in [1.165, 1.54) is 0 Å². The van der Waals surface area contributed by atoms with E-state index in [0.717, 1.165) is 24.9 Å². The highest BCUT2D eigenvalue weighted by Crippen LogP contribution is 2.25. The van der Waals surface area contributed by atoms with Gasteiger partial charge in [0.2, 0.25) is 0 Å². The molecule has 0 aliphatic carbocycles. The molecule has 6 heteroatoms. The summed E-state index contributed by atoms with van der Waals surface area (Å²) in [5.74, 6) is 0.657.